The van der Waals surface area contributed by atoms with Gasteiger partial charge in [0.05, 0.1) is 33.5 Å². The van der Waals surface area contributed by atoms with Crippen LogP contribution >= 0.6 is 67.8 Å². The number of hydrogen-bond acceptors (Lipinski definition) is 6. The summed E-state index contributed by atoms with van der Waals surface area (Å²) in [4.78, 5) is 28.1. The van der Waals surface area contributed by atoms with Gasteiger partial charge < -0.3 is 8.98 Å². The highest BCUT2D eigenvalue weighted by atomic mass is 127. The first-order valence-electron chi connectivity index (χ1n) is 31.2. The van der Waals surface area contributed by atoms with Gasteiger partial charge in [0.2, 0.25) is 0 Å². The second-order valence-electron chi connectivity index (χ2n) is 23.4. The summed E-state index contributed by atoms with van der Waals surface area (Å²) < 4.78 is 12.8. The number of para-hydroxylation sites is 2. The minimum Gasteiger partial charge on any atom is -0.455 e. The fourth-order valence-corrected chi connectivity index (χ4v) is 14.6. The fourth-order valence-electron chi connectivity index (χ4n) is 12.4. The van der Waals surface area contributed by atoms with Crippen LogP contribution in [0.3, 0.4) is 0 Å². The van der Waals surface area contributed by atoms with Crippen LogP contribution in [-0.4, -0.2) is 29.5 Å². The van der Waals surface area contributed by atoms with Gasteiger partial charge in [-0.3, -0.25) is 0 Å². The Labute approximate surface area is 547 Å². The number of aromatic nitrogens is 6. The number of rotatable bonds is 22. The van der Waals surface area contributed by atoms with Crippen molar-refractivity contribution in [2.75, 3.05) is 0 Å². The Bertz CT molecular complexity index is 4440. The largest absolute Gasteiger partial charge is 0.455 e. The Kier molecular flexibility index (Phi) is 18.8. The van der Waals surface area contributed by atoms with E-state index in [0.717, 1.165) is 188 Å². The van der Waals surface area contributed by atoms with Gasteiger partial charge in [0.15, 0.2) is 23.3 Å². The van der Waals surface area contributed by atoms with Crippen LogP contribution in [0, 0.1) is 10.7 Å². The lowest BCUT2D eigenvalue weighted by Crippen LogP contribution is -2.05. The van der Waals surface area contributed by atoms with Gasteiger partial charge in [0, 0.05) is 60.2 Å². The molecule has 0 N–H and O–H groups in total. The minimum atomic E-state index is 0.407. The number of nitrogens with zero attached hydrogens (tertiary/aromatic N) is 6. The van der Waals surface area contributed by atoms with Crippen LogP contribution in [0.1, 0.15) is 139 Å². The van der Waals surface area contributed by atoms with Gasteiger partial charge in [0.1, 0.15) is 11.2 Å². The van der Waals surface area contributed by atoms with E-state index in [9.17, 15) is 0 Å². The van der Waals surface area contributed by atoms with Gasteiger partial charge in [-0.15, -0.1) is 0 Å². The molecule has 0 bridgehead atoms. The van der Waals surface area contributed by atoms with Gasteiger partial charge >= 0.3 is 0 Å². The maximum Gasteiger partial charge on any atom is 0.166 e. The Morgan fingerprint density at radius 2 is 0.942 bits per heavy atom. The normalized spacial score (nSPS) is 12.2. The molecule has 1 atom stereocenters. The average molecular weight is 1470 g/mol. The van der Waals surface area contributed by atoms with Crippen LogP contribution in [0.25, 0.3) is 117 Å². The zero-order valence-electron chi connectivity index (χ0n) is 50.2. The summed E-state index contributed by atoms with van der Waals surface area (Å²) in [6, 6.07) is 58.2. The second kappa shape index (κ2) is 26.9. The van der Waals surface area contributed by atoms with E-state index in [1.165, 1.54) is 35.0 Å². The van der Waals surface area contributed by atoms with Crippen molar-refractivity contribution in [2.45, 2.75) is 137 Å². The van der Waals surface area contributed by atoms with Crippen LogP contribution in [0.15, 0.2) is 162 Å². The lowest BCUT2D eigenvalue weighted by atomic mass is 9.94. The smallest absolute Gasteiger partial charge is 0.166 e. The number of halogens is 3. The first-order chi connectivity index (χ1) is 42.0. The van der Waals surface area contributed by atoms with E-state index >= 15 is 0 Å². The molecule has 12 rings (SSSR count). The molecule has 0 radical (unpaired) electrons. The molecule has 4 aromatic heterocycles. The highest BCUT2D eigenvalue weighted by Crippen LogP contribution is 2.44. The van der Waals surface area contributed by atoms with Gasteiger partial charge in [0.25, 0.3) is 0 Å². The molecular weight excluding hydrogens is 1390 g/mol. The molecule has 0 amide bonds. The molecule has 0 spiro atoms. The van der Waals surface area contributed by atoms with E-state index < -0.39 is 0 Å². The Hall–Kier alpha value is -6.36. The third kappa shape index (κ3) is 12.8. The monoisotopic (exact) mass is 1470 g/mol. The van der Waals surface area contributed by atoms with E-state index in [1.54, 1.807) is 0 Å². The predicted molar refractivity (Wildman–Crippen MR) is 386 cm³/mol. The van der Waals surface area contributed by atoms with Gasteiger partial charge in [-0.2, -0.15) is 0 Å². The summed E-state index contributed by atoms with van der Waals surface area (Å²) in [5, 5.41) is 4.35. The molecule has 4 heterocycles. The number of aryl methyl sites for hydroxylation is 4. The second-order valence-corrected chi connectivity index (χ2v) is 27.1. The zero-order chi connectivity index (χ0) is 59.4. The van der Waals surface area contributed by atoms with E-state index in [1.807, 2.05) is 6.07 Å². The summed E-state index contributed by atoms with van der Waals surface area (Å²) in [6.07, 6.45) is 15.1. The predicted octanol–water partition coefficient (Wildman–Crippen LogP) is 22.7. The molecule has 0 aliphatic rings. The van der Waals surface area contributed by atoms with Gasteiger partial charge in [-0.1, -0.05) is 116 Å². The van der Waals surface area contributed by atoms with Crippen molar-refractivity contribution >= 4 is 112 Å². The minimum absolute atomic E-state index is 0.407. The van der Waals surface area contributed by atoms with Crippen LogP contribution in [-0.2, 0) is 25.7 Å². The fraction of sp³-hybridized carbons (Fsp3) is 0.276. The summed E-state index contributed by atoms with van der Waals surface area (Å²) >= 11 is 7.43. The number of hydrogen-bond donors (Lipinski definition) is 0. The van der Waals surface area contributed by atoms with Gasteiger partial charge in [-0.25, -0.2) is 24.9 Å². The topological polar surface area (TPSA) is 82.5 Å². The maximum atomic E-state index is 6.86. The standard InChI is InChI=1S/C76H73I3N6O/c1-7-12-21-48-33-49(22-13-8-2)36-56(35-48)74-82-75(57-37-51(24-15-10-4)39-59(78)44-57)84-76(83-74)64-45-52(29-31-68(64)85-67-27-18-16-26-63(67)71-69(85)32-30-62-61-25-17-19-28-70(61)86-72(62)71)73-80-65(54-34-50(23-14-9-3)38-58(77)42-54)46-66(81-73)55-40-53(41-60(79)43-55)47(6)20-11-5/h16-19,25-47H,7-15,20-24H2,1-6H3. The van der Waals surface area contributed by atoms with Crippen molar-refractivity contribution in [1.29, 1.82) is 0 Å². The quantitative estimate of drug-likeness (QED) is 0.0629. The van der Waals surface area contributed by atoms with E-state index in [4.69, 9.17) is 29.3 Å². The molecule has 0 saturated carbocycles. The van der Waals surface area contributed by atoms with E-state index in [2.05, 4.69) is 266 Å². The average Bonchev–Trinajstić information content (AvgIpc) is 1.61. The first kappa shape index (κ1) is 59.9. The molecule has 10 heteroatoms. The molecular formula is C76H73I3N6O. The van der Waals surface area contributed by atoms with Crippen molar-refractivity contribution < 1.29 is 4.42 Å². The highest BCUT2D eigenvalue weighted by molar-refractivity contribution is 14.1. The Morgan fingerprint density at radius 3 is 1.57 bits per heavy atom. The number of fused-ring (bicyclic) bond motifs is 7. The van der Waals surface area contributed by atoms with Crippen LogP contribution in [0.2, 0.25) is 0 Å². The Balaban J connectivity index is 1.16. The molecule has 8 aromatic carbocycles. The highest BCUT2D eigenvalue weighted by Gasteiger charge is 2.25. The summed E-state index contributed by atoms with van der Waals surface area (Å²) in [5.74, 6) is 2.90. The van der Waals surface area contributed by atoms with E-state index in [0.29, 0.717) is 29.2 Å². The third-order valence-corrected chi connectivity index (χ3v) is 18.7. The molecule has 0 fully saturated rings. The lowest BCUT2D eigenvalue weighted by Gasteiger charge is -2.17. The SMILES string of the molecule is CCCCc1cc(I)cc(-c2cc(-c3cc(I)cc(C(C)CCC)c3)nc(-c3ccc(-n4c5ccccc5c5c6oc7ccccc7c6ccc54)c(-c4nc(-c5cc(I)cc(CCCC)c5)nc(-c5cc(CCCC)cc(CCCC)c5)n4)c3)n2)c1. The number of unbranched alkanes of at least 4 members (excludes halogenated alkanes) is 4. The maximum absolute atomic E-state index is 6.86. The molecule has 7 nitrogen and oxygen atoms in total. The van der Waals surface area contributed by atoms with E-state index in [-0.39, 0.29) is 0 Å². The third-order valence-electron chi connectivity index (χ3n) is 16.8. The van der Waals surface area contributed by atoms with Crippen molar-refractivity contribution in [3.63, 3.8) is 0 Å². The van der Waals surface area contributed by atoms with Crippen molar-refractivity contribution in [1.82, 2.24) is 29.5 Å². The number of furan rings is 1. The van der Waals surface area contributed by atoms with Crippen molar-refractivity contribution in [3.8, 4) is 73.8 Å². The van der Waals surface area contributed by atoms with Crippen LogP contribution < -0.4 is 0 Å². The zero-order valence-corrected chi connectivity index (χ0v) is 56.7. The lowest BCUT2D eigenvalue weighted by molar-refractivity contribution is 0.665. The summed E-state index contributed by atoms with van der Waals surface area (Å²) in [7, 11) is 0. The Morgan fingerprint density at radius 1 is 0.419 bits per heavy atom. The number of benzene rings is 8. The summed E-state index contributed by atoms with van der Waals surface area (Å²) in [5.41, 5.74) is 18.9. The molecule has 0 saturated heterocycles. The first-order valence-corrected chi connectivity index (χ1v) is 34.4. The molecule has 0 aliphatic carbocycles. The molecule has 12 aromatic rings. The van der Waals surface area contributed by atoms with Crippen LogP contribution in [0.5, 0.6) is 0 Å². The van der Waals surface area contributed by atoms with Crippen molar-refractivity contribution in [3.05, 3.63) is 196 Å². The van der Waals surface area contributed by atoms with Crippen molar-refractivity contribution in [2.24, 2.45) is 0 Å². The molecule has 0 aliphatic heterocycles. The van der Waals surface area contributed by atoms with Gasteiger partial charge in [-0.05, 0) is 275 Å². The molecule has 1 unspecified atom stereocenters. The van der Waals surface area contributed by atoms with Crippen LogP contribution in [0.4, 0.5) is 0 Å². The molecule has 434 valence electrons. The molecule has 86 heavy (non-hydrogen) atoms. The summed E-state index contributed by atoms with van der Waals surface area (Å²) in [6.45, 7) is 13.7.